The van der Waals surface area contributed by atoms with Crippen LogP contribution in [0.15, 0.2) is 29.2 Å². The van der Waals surface area contributed by atoms with Gasteiger partial charge >= 0.3 is 0 Å². The Labute approximate surface area is 128 Å². The van der Waals surface area contributed by atoms with Crippen molar-refractivity contribution >= 4 is 40.3 Å². The molecule has 106 valence electrons. The van der Waals surface area contributed by atoms with Crippen LogP contribution in [0.25, 0.3) is 6.08 Å². The fourth-order valence-corrected chi connectivity index (χ4v) is 3.23. The smallest absolute Gasteiger partial charge is 0.266 e. The first-order chi connectivity index (χ1) is 9.61. The molecule has 0 bridgehead atoms. The molecular formula is C15H16FNOS2. The van der Waals surface area contributed by atoms with E-state index in [4.69, 9.17) is 12.2 Å². The number of hydrogen-bond acceptors (Lipinski definition) is 3. The Bertz CT molecular complexity index is 539. The Morgan fingerprint density at radius 1 is 1.30 bits per heavy atom. The van der Waals surface area contributed by atoms with Gasteiger partial charge in [0, 0.05) is 6.54 Å². The summed E-state index contributed by atoms with van der Waals surface area (Å²) in [5.41, 5.74) is 0.806. The van der Waals surface area contributed by atoms with E-state index in [1.165, 1.54) is 23.9 Å². The second kappa shape index (κ2) is 6.99. The summed E-state index contributed by atoms with van der Waals surface area (Å²) >= 11 is 6.56. The second-order valence-electron chi connectivity index (χ2n) is 4.59. The van der Waals surface area contributed by atoms with Crippen molar-refractivity contribution < 1.29 is 9.18 Å². The van der Waals surface area contributed by atoms with Crippen LogP contribution >= 0.6 is 24.0 Å². The molecule has 0 saturated carbocycles. The fraction of sp³-hybridized carbons (Fsp3) is 0.333. The third-order valence-electron chi connectivity index (χ3n) is 3.03. The van der Waals surface area contributed by atoms with Gasteiger partial charge in [0.25, 0.3) is 5.91 Å². The Hall–Kier alpha value is -1.20. The number of carbonyl (C=O) groups excluding carboxylic acids is 1. The zero-order valence-corrected chi connectivity index (χ0v) is 12.9. The summed E-state index contributed by atoms with van der Waals surface area (Å²) < 4.78 is 13.5. The van der Waals surface area contributed by atoms with Crippen molar-refractivity contribution in [2.75, 3.05) is 6.54 Å². The van der Waals surface area contributed by atoms with Gasteiger partial charge in [-0.3, -0.25) is 9.69 Å². The van der Waals surface area contributed by atoms with Crippen LogP contribution in [0.2, 0.25) is 0 Å². The summed E-state index contributed by atoms with van der Waals surface area (Å²) in [6.07, 6.45) is 4.93. The molecule has 1 fully saturated rings. The highest BCUT2D eigenvalue weighted by Crippen LogP contribution is 2.32. The number of carbonyl (C=O) groups is 1. The van der Waals surface area contributed by atoms with Gasteiger partial charge in [-0.25, -0.2) is 4.39 Å². The highest BCUT2D eigenvalue weighted by atomic mass is 32.2. The molecule has 1 aromatic carbocycles. The summed E-state index contributed by atoms with van der Waals surface area (Å²) in [4.78, 5) is 14.5. The van der Waals surface area contributed by atoms with E-state index in [0.29, 0.717) is 15.8 Å². The summed E-state index contributed by atoms with van der Waals surface area (Å²) in [5.74, 6) is -0.324. The van der Waals surface area contributed by atoms with E-state index in [1.807, 2.05) is 0 Å². The molecule has 0 aromatic heterocycles. The molecule has 1 aliphatic heterocycles. The van der Waals surface area contributed by atoms with Crippen molar-refractivity contribution in [3.05, 3.63) is 40.6 Å². The van der Waals surface area contributed by atoms with E-state index in [1.54, 1.807) is 23.1 Å². The first kappa shape index (κ1) is 15.2. The van der Waals surface area contributed by atoms with E-state index >= 15 is 0 Å². The molecule has 20 heavy (non-hydrogen) atoms. The van der Waals surface area contributed by atoms with Gasteiger partial charge in [-0.2, -0.15) is 0 Å². The molecule has 1 aromatic rings. The molecule has 0 atom stereocenters. The van der Waals surface area contributed by atoms with E-state index in [2.05, 4.69) is 6.92 Å². The standard InChI is InChI=1S/C15H16FNOS2/c1-2-3-4-9-17-14(18)13(20-15(17)19)10-11-5-7-12(16)8-6-11/h5-8,10H,2-4,9H2,1H3/b13-10+. The monoisotopic (exact) mass is 309 g/mol. The van der Waals surface area contributed by atoms with Crippen molar-refractivity contribution in [3.63, 3.8) is 0 Å². The third kappa shape index (κ3) is 3.67. The Balaban J connectivity index is 2.09. The lowest BCUT2D eigenvalue weighted by Gasteiger charge is -2.13. The number of nitrogens with zero attached hydrogens (tertiary/aromatic N) is 1. The SMILES string of the molecule is CCCCCN1C(=O)/C(=C\c2ccc(F)cc2)SC1=S. The lowest BCUT2D eigenvalue weighted by atomic mass is 10.2. The number of halogens is 1. The van der Waals surface area contributed by atoms with E-state index < -0.39 is 0 Å². The highest BCUT2D eigenvalue weighted by molar-refractivity contribution is 8.26. The zero-order valence-electron chi connectivity index (χ0n) is 11.3. The predicted molar refractivity (Wildman–Crippen MR) is 85.8 cm³/mol. The van der Waals surface area contributed by atoms with Crippen molar-refractivity contribution in [1.29, 1.82) is 0 Å². The lowest BCUT2D eigenvalue weighted by molar-refractivity contribution is -0.122. The van der Waals surface area contributed by atoms with Crippen LogP contribution in [0.5, 0.6) is 0 Å². The largest absolute Gasteiger partial charge is 0.293 e. The zero-order chi connectivity index (χ0) is 14.5. The van der Waals surface area contributed by atoms with Crippen molar-refractivity contribution in [3.8, 4) is 0 Å². The van der Waals surface area contributed by atoms with Gasteiger partial charge in [-0.15, -0.1) is 0 Å². The molecule has 0 radical (unpaired) electrons. The molecule has 1 aliphatic rings. The lowest BCUT2D eigenvalue weighted by Crippen LogP contribution is -2.28. The molecule has 0 unspecified atom stereocenters. The van der Waals surface area contributed by atoms with Crippen LogP contribution in [-0.4, -0.2) is 21.7 Å². The Kier molecular flexibility index (Phi) is 5.31. The number of thiocarbonyl (C=S) groups is 1. The topological polar surface area (TPSA) is 20.3 Å². The predicted octanol–water partition coefficient (Wildman–Crippen LogP) is 4.22. The molecule has 1 amide bonds. The molecule has 5 heteroatoms. The van der Waals surface area contributed by atoms with Crippen LogP contribution in [0.3, 0.4) is 0 Å². The number of thioether (sulfide) groups is 1. The van der Waals surface area contributed by atoms with E-state index in [0.717, 1.165) is 24.8 Å². The maximum Gasteiger partial charge on any atom is 0.266 e. The van der Waals surface area contributed by atoms with Gasteiger partial charge in [-0.1, -0.05) is 55.9 Å². The number of benzene rings is 1. The highest BCUT2D eigenvalue weighted by Gasteiger charge is 2.31. The first-order valence-corrected chi connectivity index (χ1v) is 7.85. The Morgan fingerprint density at radius 2 is 2.00 bits per heavy atom. The summed E-state index contributed by atoms with van der Waals surface area (Å²) in [7, 11) is 0. The van der Waals surface area contributed by atoms with Crippen LogP contribution < -0.4 is 0 Å². The minimum absolute atomic E-state index is 0.0413. The minimum atomic E-state index is -0.283. The van der Waals surface area contributed by atoms with Crippen molar-refractivity contribution in [2.24, 2.45) is 0 Å². The first-order valence-electron chi connectivity index (χ1n) is 6.62. The third-order valence-corrected chi connectivity index (χ3v) is 4.40. The number of unbranched alkanes of at least 4 members (excludes halogenated alkanes) is 2. The summed E-state index contributed by atoms with van der Waals surface area (Å²) in [5, 5.41) is 0. The quantitative estimate of drug-likeness (QED) is 0.461. The average Bonchev–Trinajstić information content (AvgIpc) is 2.69. The van der Waals surface area contributed by atoms with Gasteiger partial charge in [0.2, 0.25) is 0 Å². The average molecular weight is 309 g/mol. The fourth-order valence-electron chi connectivity index (χ4n) is 1.92. The number of hydrogen-bond donors (Lipinski definition) is 0. The molecule has 0 spiro atoms. The van der Waals surface area contributed by atoms with Crippen molar-refractivity contribution in [1.82, 2.24) is 4.90 Å². The number of amides is 1. The molecule has 2 nitrogen and oxygen atoms in total. The minimum Gasteiger partial charge on any atom is -0.293 e. The van der Waals surface area contributed by atoms with Gasteiger partial charge in [-0.05, 0) is 30.2 Å². The van der Waals surface area contributed by atoms with Gasteiger partial charge in [0.15, 0.2) is 0 Å². The van der Waals surface area contributed by atoms with Gasteiger partial charge in [0.1, 0.15) is 10.1 Å². The Morgan fingerprint density at radius 3 is 2.65 bits per heavy atom. The summed E-state index contributed by atoms with van der Waals surface area (Å²) in [6, 6.07) is 6.07. The second-order valence-corrected chi connectivity index (χ2v) is 6.27. The maximum atomic E-state index is 12.9. The molecule has 1 heterocycles. The van der Waals surface area contributed by atoms with Crippen LogP contribution in [-0.2, 0) is 4.79 Å². The maximum absolute atomic E-state index is 12.9. The van der Waals surface area contributed by atoms with Gasteiger partial charge in [0.05, 0.1) is 4.91 Å². The van der Waals surface area contributed by atoms with Crippen molar-refractivity contribution in [2.45, 2.75) is 26.2 Å². The number of rotatable bonds is 5. The van der Waals surface area contributed by atoms with Crippen LogP contribution in [0, 0.1) is 5.82 Å². The molecule has 0 aliphatic carbocycles. The van der Waals surface area contributed by atoms with Crippen LogP contribution in [0.4, 0.5) is 4.39 Å². The normalized spacial score (nSPS) is 17.3. The summed E-state index contributed by atoms with van der Waals surface area (Å²) in [6.45, 7) is 2.80. The molecule has 0 N–H and O–H groups in total. The van der Waals surface area contributed by atoms with E-state index in [9.17, 15) is 9.18 Å². The van der Waals surface area contributed by atoms with Crippen LogP contribution in [0.1, 0.15) is 31.7 Å². The molecular weight excluding hydrogens is 293 g/mol. The van der Waals surface area contributed by atoms with E-state index in [-0.39, 0.29) is 11.7 Å². The molecule has 1 saturated heterocycles. The van der Waals surface area contributed by atoms with Gasteiger partial charge < -0.3 is 0 Å². The molecule has 2 rings (SSSR count).